The van der Waals surface area contributed by atoms with E-state index in [1.807, 2.05) is 0 Å². The highest BCUT2D eigenvalue weighted by Gasteiger charge is 2.64. The first kappa shape index (κ1) is 20.3. The van der Waals surface area contributed by atoms with E-state index in [4.69, 9.17) is 23.7 Å². The van der Waals surface area contributed by atoms with Gasteiger partial charge in [-0.1, -0.05) is 24.3 Å². The number of rotatable bonds is 6. The summed E-state index contributed by atoms with van der Waals surface area (Å²) in [6, 6.07) is 10.3. The van der Waals surface area contributed by atoms with Gasteiger partial charge in [-0.3, -0.25) is 9.59 Å². The van der Waals surface area contributed by atoms with E-state index in [-0.39, 0.29) is 17.1 Å². The molecule has 0 saturated heterocycles. The molecule has 7 nitrogen and oxygen atoms in total. The maximum Gasteiger partial charge on any atom is 0.222 e. The number of carbonyl (C=O) groups excluding carboxylic acids is 2. The molecule has 2 aromatic rings. The van der Waals surface area contributed by atoms with Crippen molar-refractivity contribution in [2.75, 3.05) is 35.5 Å². The van der Waals surface area contributed by atoms with Crippen molar-refractivity contribution in [3.63, 3.8) is 0 Å². The van der Waals surface area contributed by atoms with Gasteiger partial charge in [-0.2, -0.15) is 0 Å². The van der Waals surface area contributed by atoms with Gasteiger partial charge < -0.3 is 23.7 Å². The van der Waals surface area contributed by atoms with E-state index in [2.05, 4.69) is 0 Å². The first-order valence-corrected chi connectivity index (χ1v) is 9.29. The molecule has 4 rings (SSSR count). The molecule has 0 heterocycles. The summed E-state index contributed by atoms with van der Waals surface area (Å²) in [4.78, 5) is 26.6. The summed E-state index contributed by atoms with van der Waals surface area (Å²) in [6.07, 6.45) is 1.34. The highest BCUT2D eigenvalue weighted by Crippen LogP contribution is 2.58. The summed E-state index contributed by atoms with van der Waals surface area (Å²) >= 11 is 0. The third kappa shape index (κ3) is 2.25. The largest absolute Gasteiger partial charge is 0.496 e. The Morgan fingerprint density at radius 3 is 2.00 bits per heavy atom. The van der Waals surface area contributed by atoms with Crippen LogP contribution in [0.15, 0.2) is 48.0 Å². The van der Waals surface area contributed by atoms with E-state index in [0.29, 0.717) is 33.8 Å². The number of carbonyl (C=O) groups is 2. The lowest BCUT2D eigenvalue weighted by Crippen LogP contribution is -2.56. The third-order valence-electron chi connectivity index (χ3n) is 5.90. The Balaban J connectivity index is 2.05. The predicted molar refractivity (Wildman–Crippen MR) is 107 cm³/mol. The van der Waals surface area contributed by atoms with Crippen LogP contribution in [0.4, 0.5) is 0 Å². The second-order valence-corrected chi connectivity index (χ2v) is 6.93. The number of fused-ring (bicyclic) bond motifs is 2. The Hall–Kier alpha value is -3.00. The molecule has 0 amide bonds. The lowest BCUT2D eigenvalue weighted by atomic mass is 9.62. The summed E-state index contributed by atoms with van der Waals surface area (Å²) in [5.41, 5.74) is 0.374. The Labute approximate surface area is 174 Å². The monoisotopic (exact) mass is 410 g/mol. The molecule has 0 aromatic heterocycles. The second-order valence-electron chi connectivity index (χ2n) is 6.93. The van der Waals surface area contributed by atoms with E-state index >= 15 is 0 Å². The van der Waals surface area contributed by atoms with E-state index < -0.39 is 11.4 Å². The van der Waals surface area contributed by atoms with Gasteiger partial charge in [-0.05, 0) is 18.2 Å². The van der Waals surface area contributed by atoms with Crippen LogP contribution in [0.3, 0.4) is 0 Å². The van der Waals surface area contributed by atoms with Gasteiger partial charge in [0.2, 0.25) is 11.6 Å². The normalized spacial score (nSPS) is 21.3. The molecule has 156 valence electrons. The zero-order valence-corrected chi connectivity index (χ0v) is 17.4. The lowest BCUT2D eigenvalue weighted by molar-refractivity contribution is -0.203. The third-order valence-corrected chi connectivity index (χ3v) is 5.90. The standard InChI is InChI=1S/C23H22O7/c1-26-16-10-7-9-14-19(16)15(24)12-18(23(14,29-4)30-5)22(28-3)20-13(21(22)25)8-6-11-17(20)27-2/h6-12H,1-5H3. The average molecular weight is 410 g/mol. The van der Waals surface area contributed by atoms with Gasteiger partial charge in [0, 0.05) is 43.6 Å². The van der Waals surface area contributed by atoms with Crippen LogP contribution in [0.2, 0.25) is 0 Å². The molecule has 1 atom stereocenters. The number of benzene rings is 2. The summed E-state index contributed by atoms with van der Waals surface area (Å²) in [5, 5.41) is 0. The second kappa shape index (κ2) is 7.05. The molecular formula is C23H22O7. The molecule has 0 saturated carbocycles. The van der Waals surface area contributed by atoms with E-state index in [9.17, 15) is 9.59 Å². The summed E-state index contributed by atoms with van der Waals surface area (Å²) in [6.45, 7) is 0. The zero-order chi connectivity index (χ0) is 21.7. The van der Waals surface area contributed by atoms with E-state index in [1.165, 1.54) is 41.6 Å². The Bertz CT molecular complexity index is 1080. The van der Waals surface area contributed by atoms with E-state index in [0.717, 1.165) is 0 Å². The number of Topliss-reactive ketones (excluding diaryl/α,β-unsaturated/α-hetero) is 1. The van der Waals surface area contributed by atoms with Crippen LogP contribution in [0.5, 0.6) is 11.5 Å². The molecule has 0 N–H and O–H groups in total. The number of hydrogen-bond donors (Lipinski definition) is 0. The van der Waals surface area contributed by atoms with E-state index in [1.54, 1.807) is 36.4 Å². The minimum Gasteiger partial charge on any atom is -0.496 e. The average Bonchev–Trinajstić information content (AvgIpc) is 2.79. The number of hydrogen-bond acceptors (Lipinski definition) is 7. The van der Waals surface area contributed by atoms with Crippen molar-refractivity contribution in [3.8, 4) is 11.5 Å². The van der Waals surface area contributed by atoms with Crippen molar-refractivity contribution >= 4 is 11.6 Å². The molecule has 0 spiro atoms. The maximum atomic E-state index is 13.4. The smallest absolute Gasteiger partial charge is 0.222 e. The molecule has 1 unspecified atom stereocenters. The molecule has 30 heavy (non-hydrogen) atoms. The van der Waals surface area contributed by atoms with Crippen molar-refractivity contribution in [3.05, 3.63) is 70.3 Å². The van der Waals surface area contributed by atoms with Gasteiger partial charge in [0.05, 0.1) is 19.8 Å². The highest BCUT2D eigenvalue weighted by molar-refractivity contribution is 6.18. The molecule has 0 fully saturated rings. The molecular weight excluding hydrogens is 388 g/mol. The van der Waals surface area contributed by atoms with Crippen LogP contribution in [0.25, 0.3) is 0 Å². The van der Waals surface area contributed by atoms with Crippen molar-refractivity contribution < 1.29 is 33.3 Å². The minimum absolute atomic E-state index is 0.232. The van der Waals surface area contributed by atoms with Gasteiger partial charge in [0.1, 0.15) is 11.5 Å². The van der Waals surface area contributed by atoms with Crippen molar-refractivity contribution in [2.45, 2.75) is 11.4 Å². The summed E-state index contributed by atoms with van der Waals surface area (Å²) < 4.78 is 28.4. The summed E-state index contributed by atoms with van der Waals surface area (Å²) in [5.74, 6) is -1.34. The van der Waals surface area contributed by atoms with Gasteiger partial charge in [-0.25, -0.2) is 0 Å². The first-order valence-electron chi connectivity index (χ1n) is 9.29. The first-order chi connectivity index (χ1) is 14.5. The zero-order valence-electron chi connectivity index (χ0n) is 17.4. The number of ketones is 2. The Kier molecular flexibility index (Phi) is 4.77. The van der Waals surface area contributed by atoms with Crippen LogP contribution in [-0.4, -0.2) is 47.1 Å². The van der Waals surface area contributed by atoms with Gasteiger partial charge >= 0.3 is 0 Å². The fourth-order valence-electron chi connectivity index (χ4n) is 4.59. The molecule has 2 aliphatic rings. The quantitative estimate of drug-likeness (QED) is 0.677. The summed E-state index contributed by atoms with van der Waals surface area (Å²) in [7, 11) is 7.31. The molecule has 0 bridgehead atoms. The van der Waals surface area contributed by atoms with Gasteiger partial charge in [-0.15, -0.1) is 0 Å². The molecule has 0 aliphatic heterocycles. The molecule has 2 aromatic carbocycles. The number of methoxy groups -OCH3 is 5. The number of ether oxygens (including phenoxy) is 5. The number of allylic oxidation sites excluding steroid dienone is 1. The highest BCUT2D eigenvalue weighted by atomic mass is 16.7. The van der Waals surface area contributed by atoms with Crippen LogP contribution in [-0.2, 0) is 25.6 Å². The van der Waals surface area contributed by atoms with Crippen molar-refractivity contribution in [1.29, 1.82) is 0 Å². The fourth-order valence-corrected chi connectivity index (χ4v) is 4.59. The van der Waals surface area contributed by atoms with Crippen LogP contribution in [0, 0.1) is 0 Å². The SMILES string of the molecule is COc1cccc2c1C(=O)C=C(C1(OC)C(=O)c3cccc(OC)c31)C2(OC)OC. The Morgan fingerprint density at radius 2 is 1.40 bits per heavy atom. The minimum atomic E-state index is -1.59. The molecule has 2 aliphatic carbocycles. The van der Waals surface area contributed by atoms with Crippen molar-refractivity contribution in [2.24, 2.45) is 0 Å². The van der Waals surface area contributed by atoms with Gasteiger partial charge in [0.15, 0.2) is 11.4 Å². The lowest BCUT2D eigenvalue weighted by Gasteiger charge is -2.49. The molecule has 7 heteroatoms. The van der Waals surface area contributed by atoms with Crippen LogP contribution >= 0.6 is 0 Å². The fraction of sp³-hybridized carbons (Fsp3) is 0.304. The maximum absolute atomic E-state index is 13.4. The van der Waals surface area contributed by atoms with Crippen LogP contribution in [0.1, 0.15) is 31.8 Å². The van der Waals surface area contributed by atoms with Gasteiger partial charge in [0.25, 0.3) is 0 Å². The van der Waals surface area contributed by atoms with Crippen molar-refractivity contribution in [1.82, 2.24) is 0 Å². The topological polar surface area (TPSA) is 80.3 Å². The Morgan fingerprint density at radius 1 is 0.767 bits per heavy atom. The molecule has 0 radical (unpaired) electrons. The van der Waals surface area contributed by atoms with Crippen LogP contribution < -0.4 is 9.47 Å². The predicted octanol–water partition coefficient (Wildman–Crippen LogP) is 3.01.